The minimum absolute atomic E-state index is 0.229. The number of unbranched alkanes of at least 4 members (excludes halogenated alkanes) is 2. The van der Waals surface area contributed by atoms with Gasteiger partial charge in [0.1, 0.15) is 11.5 Å². The van der Waals surface area contributed by atoms with Crippen molar-refractivity contribution in [3.8, 4) is 11.5 Å². The second-order valence-corrected chi connectivity index (χ2v) is 7.05. The zero-order valence-electron chi connectivity index (χ0n) is 14.1. The fourth-order valence-corrected chi connectivity index (χ4v) is 4.02. The van der Waals surface area contributed by atoms with E-state index >= 15 is 0 Å². The molecule has 2 aliphatic rings. The molecule has 0 bridgehead atoms. The van der Waals surface area contributed by atoms with Crippen molar-refractivity contribution in [2.45, 2.75) is 71.3 Å². The van der Waals surface area contributed by atoms with Gasteiger partial charge in [0.15, 0.2) is 0 Å². The average Bonchev–Trinajstić information content (AvgIpc) is 2.46. The smallest absolute Gasteiger partial charge is 0.127 e. The Morgan fingerprint density at radius 1 is 1.27 bits per heavy atom. The lowest BCUT2D eigenvalue weighted by Crippen LogP contribution is -2.35. The Labute approximate surface area is 134 Å². The molecule has 1 aliphatic carbocycles. The number of aromatic hydroxyl groups is 1. The molecule has 0 fully saturated rings. The van der Waals surface area contributed by atoms with Gasteiger partial charge in [-0.3, -0.25) is 0 Å². The molecule has 2 unspecified atom stereocenters. The highest BCUT2D eigenvalue weighted by atomic mass is 16.5. The van der Waals surface area contributed by atoms with E-state index in [-0.39, 0.29) is 6.10 Å². The van der Waals surface area contributed by atoms with Crippen LogP contribution < -0.4 is 4.74 Å². The maximum Gasteiger partial charge on any atom is 0.127 e. The number of ether oxygens (including phenoxy) is 1. The first-order valence-corrected chi connectivity index (χ1v) is 8.80. The summed E-state index contributed by atoms with van der Waals surface area (Å²) in [5, 5.41) is 10.6. The van der Waals surface area contributed by atoms with Gasteiger partial charge in [0, 0.05) is 17.4 Å². The highest BCUT2D eigenvalue weighted by Crippen LogP contribution is 2.50. The van der Waals surface area contributed by atoms with Gasteiger partial charge in [-0.25, -0.2) is 0 Å². The third-order valence-corrected chi connectivity index (χ3v) is 5.30. The Morgan fingerprint density at radius 2 is 2.09 bits per heavy atom. The zero-order valence-corrected chi connectivity index (χ0v) is 14.1. The highest BCUT2D eigenvalue weighted by molar-refractivity contribution is 5.53. The number of benzene rings is 1. The van der Waals surface area contributed by atoms with Crippen LogP contribution in [0.2, 0.25) is 0 Å². The van der Waals surface area contributed by atoms with Crippen LogP contribution in [0.3, 0.4) is 0 Å². The molecule has 0 aromatic heterocycles. The van der Waals surface area contributed by atoms with Gasteiger partial charge in [-0.05, 0) is 57.2 Å². The maximum absolute atomic E-state index is 10.6. The van der Waals surface area contributed by atoms with E-state index in [9.17, 15) is 5.11 Å². The third-order valence-electron chi connectivity index (χ3n) is 5.30. The van der Waals surface area contributed by atoms with Gasteiger partial charge in [-0.1, -0.05) is 31.4 Å². The van der Waals surface area contributed by atoms with Crippen LogP contribution in [0.4, 0.5) is 0 Å². The molecule has 0 spiro atoms. The van der Waals surface area contributed by atoms with E-state index in [2.05, 4.69) is 32.9 Å². The van der Waals surface area contributed by atoms with Crippen LogP contribution in [-0.2, 0) is 6.42 Å². The second kappa shape index (κ2) is 6.36. The summed E-state index contributed by atoms with van der Waals surface area (Å²) in [5.74, 6) is 2.15. The van der Waals surface area contributed by atoms with E-state index in [0.29, 0.717) is 17.6 Å². The third kappa shape index (κ3) is 2.88. The van der Waals surface area contributed by atoms with Crippen molar-refractivity contribution in [2.24, 2.45) is 5.92 Å². The van der Waals surface area contributed by atoms with Gasteiger partial charge in [-0.2, -0.15) is 0 Å². The molecule has 2 heteroatoms. The van der Waals surface area contributed by atoms with E-state index in [1.165, 1.54) is 30.4 Å². The van der Waals surface area contributed by atoms with Crippen molar-refractivity contribution in [1.82, 2.24) is 0 Å². The predicted molar refractivity (Wildman–Crippen MR) is 90.6 cm³/mol. The second-order valence-electron chi connectivity index (χ2n) is 7.05. The molecule has 1 aromatic rings. The molecule has 1 N–H and O–H groups in total. The minimum atomic E-state index is 0.229. The van der Waals surface area contributed by atoms with Gasteiger partial charge in [0.25, 0.3) is 0 Å². The fraction of sp³-hybridized carbons (Fsp3) is 0.600. The summed E-state index contributed by atoms with van der Waals surface area (Å²) in [6, 6.07) is 4.12. The number of phenols is 1. The van der Waals surface area contributed by atoms with E-state index < -0.39 is 0 Å². The molecule has 22 heavy (non-hydrogen) atoms. The first-order valence-electron chi connectivity index (χ1n) is 8.80. The molecule has 3 atom stereocenters. The Hall–Kier alpha value is -1.44. The summed E-state index contributed by atoms with van der Waals surface area (Å²) in [6.07, 6.45) is 9.55. The number of phenolic OH excluding ortho intramolecular Hbond substituents is 1. The zero-order chi connectivity index (χ0) is 15.7. The first kappa shape index (κ1) is 15.5. The molecule has 0 saturated heterocycles. The van der Waals surface area contributed by atoms with Crippen LogP contribution in [0.25, 0.3) is 0 Å². The fourth-order valence-electron chi connectivity index (χ4n) is 4.02. The SMILES string of the molecule is CCCCCc1cc(O)c2c(c1)OC(C)[C@@H]1CCC(C)=CC21. The number of aryl methyl sites for hydroxylation is 1. The number of allylic oxidation sites excluding steroid dienone is 2. The van der Waals surface area contributed by atoms with Crippen molar-refractivity contribution in [1.29, 1.82) is 0 Å². The van der Waals surface area contributed by atoms with Gasteiger partial charge >= 0.3 is 0 Å². The van der Waals surface area contributed by atoms with Gasteiger partial charge in [-0.15, -0.1) is 0 Å². The lowest BCUT2D eigenvalue weighted by molar-refractivity contribution is 0.107. The van der Waals surface area contributed by atoms with Crippen molar-refractivity contribution < 1.29 is 9.84 Å². The average molecular weight is 300 g/mol. The van der Waals surface area contributed by atoms with Crippen molar-refractivity contribution in [3.05, 3.63) is 34.9 Å². The van der Waals surface area contributed by atoms with Crippen LogP contribution in [-0.4, -0.2) is 11.2 Å². The molecular weight excluding hydrogens is 272 g/mol. The van der Waals surface area contributed by atoms with Gasteiger partial charge in [0.05, 0.1) is 6.10 Å². The lowest BCUT2D eigenvalue weighted by Gasteiger charge is -2.40. The molecule has 1 heterocycles. The quantitative estimate of drug-likeness (QED) is 0.600. The van der Waals surface area contributed by atoms with E-state index in [4.69, 9.17) is 4.74 Å². The van der Waals surface area contributed by atoms with Crippen molar-refractivity contribution >= 4 is 0 Å². The largest absolute Gasteiger partial charge is 0.507 e. The number of hydrogen-bond donors (Lipinski definition) is 1. The van der Waals surface area contributed by atoms with Crippen LogP contribution in [0.15, 0.2) is 23.8 Å². The maximum atomic E-state index is 10.6. The monoisotopic (exact) mass is 300 g/mol. The summed E-state index contributed by atoms with van der Waals surface area (Å²) < 4.78 is 6.18. The number of rotatable bonds is 4. The molecule has 2 nitrogen and oxygen atoms in total. The number of hydrogen-bond acceptors (Lipinski definition) is 2. The van der Waals surface area contributed by atoms with Crippen molar-refractivity contribution in [3.63, 3.8) is 0 Å². The summed E-state index contributed by atoms with van der Waals surface area (Å²) in [5.41, 5.74) is 3.65. The van der Waals surface area contributed by atoms with Gasteiger partial charge in [0.2, 0.25) is 0 Å². The van der Waals surface area contributed by atoms with E-state index in [0.717, 1.165) is 30.6 Å². The Balaban J connectivity index is 1.94. The molecule has 120 valence electrons. The molecule has 0 saturated carbocycles. The van der Waals surface area contributed by atoms with Gasteiger partial charge < -0.3 is 9.84 Å². The van der Waals surface area contributed by atoms with Crippen LogP contribution in [0.1, 0.15) is 69.9 Å². The number of fused-ring (bicyclic) bond motifs is 3. The van der Waals surface area contributed by atoms with Crippen LogP contribution in [0.5, 0.6) is 11.5 Å². The lowest BCUT2D eigenvalue weighted by atomic mass is 9.72. The minimum Gasteiger partial charge on any atom is -0.507 e. The Morgan fingerprint density at radius 3 is 2.86 bits per heavy atom. The van der Waals surface area contributed by atoms with E-state index in [1.54, 1.807) is 0 Å². The topological polar surface area (TPSA) is 29.5 Å². The Kier molecular flexibility index (Phi) is 4.46. The normalized spacial score (nSPS) is 26.7. The standard InChI is InChI=1S/C20H28O2/c1-4-5-6-7-15-11-18(21)20-17-10-13(2)8-9-16(17)14(3)22-19(20)12-15/h10-12,14,16-17,21H,4-9H2,1-3H3/t14?,16-,17?/m0/s1. The Bertz CT molecular complexity index is 573. The van der Waals surface area contributed by atoms with Crippen molar-refractivity contribution in [2.75, 3.05) is 0 Å². The van der Waals surface area contributed by atoms with E-state index in [1.807, 2.05) is 6.07 Å². The summed E-state index contributed by atoms with van der Waals surface area (Å²) in [4.78, 5) is 0. The first-order chi connectivity index (χ1) is 10.6. The molecular formula is C20H28O2. The predicted octanol–water partition coefficient (Wildman–Crippen LogP) is 5.35. The highest BCUT2D eigenvalue weighted by Gasteiger charge is 2.38. The summed E-state index contributed by atoms with van der Waals surface area (Å²) in [7, 11) is 0. The molecule has 0 amide bonds. The van der Waals surface area contributed by atoms with Crippen LogP contribution >= 0.6 is 0 Å². The summed E-state index contributed by atoms with van der Waals surface area (Å²) >= 11 is 0. The molecule has 1 aromatic carbocycles. The van der Waals surface area contributed by atoms with Crippen LogP contribution in [0, 0.1) is 5.92 Å². The molecule has 0 radical (unpaired) electrons. The molecule has 3 rings (SSSR count). The summed E-state index contributed by atoms with van der Waals surface area (Å²) in [6.45, 7) is 6.59. The molecule has 1 aliphatic heterocycles.